The molecule has 2 heterocycles. The number of carbonyl (C=O) groups is 1. The molecule has 0 saturated heterocycles. The number of alkyl halides is 3. The van der Waals surface area contributed by atoms with E-state index in [1.807, 2.05) is 0 Å². The van der Waals surface area contributed by atoms with Gasteiger partial charge in [-0.25, -0.2) is 4.79 Å². The van der Waals surface area contributed by atoms with Crippen molar-refractivity contribution in [2.24, 2.45) is 0 Å². The Morgan fingerprint density at radius 3 is 2.48 bits per heavy atom. The fraction of sp³-hybridized carbons (Fsp3) is 0.182. The van der Waals surface area contributed by atoms with Crippen LogP contribution in [0.5, 0.6) is 0 Å². The van der Waals surface area contributed by atoms with Gasteiger partial charge in [0.25, 0.3) is 0 Å². The van der Waals surface area contributed by atoms with E-state index in [1.165, 1.54) is 6.07 Å². The Balaban J connectivity index is 2.32. The van der Waals surface area contributed by atoms with Crippen molar-refractivity contribution < 1.29 is 32.4 Å². The van der Waals surface area contributed by atoms with E-state index in [0.29, 0.717) is 6.20 Å². The van der Waals surface area contributed by atoms with Crippen molar-refractivity contribution in [3.63, 3.8) is 0 Å². The molecule has 0 atom stereocenters. The summed E-state index contributed by atoms with van der Waals surface area (Å²) in [5, 5.41) is 19.2. The first-order valence-electron chi connectivity index (χ1n) is 5.42. The lowest BCUT2D eigenvalue weighted by molar-refractivity contribution is -0.402. The Labute approximate surface area is 114 Å². The molecular formula is C11H7F3N2O5. The van der Waals surface area contributed by atoms with Gasteiger partial charge in [-0.05, 0) is 6.07 Å². The lowest BCUT2D eigenvalue weighted by atomic mass is 10.2. The third-order valence-corrected chi connectivity index (χ3v) is 2.58. The number of carboxylic acid groups (broad SMARTS) is 1. The highest BCUT2D eigenvalue weighted by Gasteiger charge is 2.37. The van der Waals surface area contributed by atoms with E-state index >= 15 is 0 Å². The molecule has 0 aliphatic carbocycles. The van der Waals surface area contributed by atoms with Gasteiger partial charge in [-0.3, -0.25) is 10.1 Å². The van der Waals surface area contributed by atoms with E-state index in [0.717, 1.165) is 16.8 Å². The maximum Gasteiger partial charge on any atom is 0.433 e. The number of rotatable bonds is 4. The molecule has 2 aromatic rings. The molecule has 0 fully saturated rings. The first-order chi connectivity index (χ1) is 9.68. The molecule has 2 aromatic heterocycles. The number of aromatic carboxylic acids is 1. The average Bonchev–Trinajstić information content (AvgIpc) is 2.95. The molecule has 1 N–H and O–H groups in total. The van der Waals surface area contributed by atoms with Crippen molar-refractivity contribution in [1.82, 2.24) is 4.57 Å². The van der Waals surface area contributed by atoms with Crippen LogP contribution in [-0.4, -0.2) is 20.6 Å². The van der Waals surface area contributed by atoms with Gasteiger partial charge >= 0.3 is 18.0 Å². The highest BCUT2D eigenvalue weighted by atomic mass is 19.4. The number of nitrogens with zero attached hydrogens (tertiary/aromatic N) is 2. The van der Waals surface area contributed by atoms with Crippen LogP contribution < -0.4 is 0 Å². The molecule has 0 aliphatic rings. The van der Waals surface area contributed by atoms with Crippen molar-refractivity contribution in [3.8, 4) is 0 Å². The van der Waals surface area contributed by atoms with E-state index in [9.17, 15) is 28.1 Å². The summed E-state index contributed by atoms with van der Waals surface area (Å²) in [7, 11) is 0. The summed E-state index contributed by atoms with van der Waals surface area (Å²) >= 11 is 0. The van der Waals surface area contributed by atoms with Gasteiger partial charge in [-0.1, -0.05) is 0 Å². The second kappa shape index (κ2) is 4.96. The zero-order valence-corrected chi connectivity index (χ0v) is 10.1. The van der Waals surface area contributed by atoms with Crippen LogP contribution in [0.25, 0.3) is 0 Å². The van der Waals surface area contributed by atoms with Crippen molar-refractivity contribution in [2.45, 2.75) is 12.7 Å². The number of carboxylic acids is 1. The number of aromatic nitrogens is 1. The molecule has 0 aromatic carbocycles. The summed E-state index contributed by atoms with van der Waals surface area (Å²) in [6.45, 7) is -0.260. The zero-order valence-electron chi connectivity index (χ0n) is 10.1. The SMILES string of the molecule is O=C(O)c1cn(Cc2ccc([N+](=O)[O-])o2)cc1C(F)(F)F. The minimum atomic E-state index is -4.81. The van der Waals surface area contributed by atoms with Crippen LogP contribution in [0, 0.1) is 10.1 Å². The van der Waals surface area contributed by atoms with Crippen LogP contribution in [0.1, 0.15) is 21.7 Å². The van der Waals surface area contributed by atoms with E-state index < -0.39 is 34.1 Å². The predicted molar refractivity (Wildman–Crippen MR) is 60.9 cm³/mol. The van der Waals surface area contributed by atoms with Gasteiger partial charge in [-0.2, -0.15) is 13.2 Å². The maximum atomic E-state index is 12.7. The normalized spacial score (nSPS) is 11.6. The quantitative estimate of drug-likeness (QED) is 0.691. The monoisotopic (exact) mass is 304 g/mol. The largest absolute Gasteiger partial charge is 0.478 e. The summed E-state index contributed by atoms with van der Waals surface area (Å²) in [5.74, 6) is -2.24. The van der Waals surface area contributed by atoms with Crippen LogP contribution in [0.3, 0.4) is 0 Å². The van der Waals surface area contributed by atoms with Gasteiger partial charge < -0.3 is 14.1 Å². The molecule has 0 unspecified atom stereocenters. The Kier molecular flexibility index (Phi) is 3.45. The van der Waals surface area contributed by atoms with Crippen molar-refractivity contribution >= 4 is 11.9 Å². The van der Waals surface area contributed by atoms with Crippen LogP contribution in [0.15, 0.2) is 28.9 Å². The minimum Gasteiger partial charge on any atom is -0.478 e. The molecule has 0 radical (unpaired) electrons. The zero-order chi connectivity index (χ0) is 15.8. The Hall–Kier alpha value is -2.78. The summed E-state index contributed by atoms with van der Waals surface area (Å²) in [6, 6.07) is 2.29. The molecule has 0 amide bonds. The molecule has 10 heteroatoms. The van der Waals surface area contributed by atoms with Crippen LogP contribution in [-0.2, 0) is 12.7 Å². The van der Waals surface area contributed by atoms with Gasteiger partial charge in [-0.15, -0.1) is 0 Å². The van der Waals surface area contributed by atoms with Crippen LogP contribution in [0.2, 0.25) is 0 Å². The lowest BCUT2D eigenvalue weighted by Crippen LogP contribution is -2.09. The fourth-order valence-electron chi connectivity index (χ4n) is 1.73. The molecule has 0 spiro atoms. The Bertz CT molecular complexity index is 701. The Morgan fingerprint density at radius 1 is 1.38 bits per heavy atom. The summed E-state index contributed by atoms with van der Waals surface area (Å²) in [5.41, 5.74) is -2.19. The number of nitro groups is 1. The molecule has 0 bridgehead atoms. The standard InChI is InChI=1S/C11H7F3N2O5/c12-11(13,14)8-5-15(4-7(8)10(17)18)3-6-1-2-9(21-6)16(19)20/h1-2,4-5H,3H2,(H,17,18). The highest BCUT2D eigenvalue weighted by Crippen LogP contribution is 2.33. The number of furan rings is 1. The molecule has 21 heavy (non-hydrogen) atoms. The molecule has 0 aliphatic heterocycles. The molecule has 0 saturated carbocycles. The van der Waals surface area contributed by atoms with Crippen LogP contribution >= 0.6 is 0 Å². The van der Waals surface area contributed by atoms with Gasteiger partial charge in [0.15, 0.2) is 0 Å². The van der Waals surface area contributed by atoms with Crippen molar-refractivity contribution in [2.75, 3.05) is 0 Å². The van der Waals surface area contributed by atoms with E-state index in [-0.39, 0.29) is 12.3 Å². The maximum absolute atomic E-state index is 12.7. The first kappa shape index (κ1) is 14.6. The molecular weight excluding hydrogens is 297 g/mol. The predicted octanol–water partition coefficient (Wildman–Crippen LogP) is 2.75. The number of halogens is 3. The third-order valence-electron chi connectivity index (χ3n) is 2.58. The third kappa shape index (κ3) is 3.04. The summed E-state index contributed by atoms with van der Waals surface area (Å²) in [6.07, 6.45) is -3.41. The van der Waals surface area contributed by atoms with Crippen molar-refractivity contribution in [3.05, 3.63) is 51.5 Å². The molecule has 7 nitrogen and oxygen atoms in total. The van der Waals surface area contributed by atoms with Gasteiger partial charge in [0.05, 0.1) is 23.7 Å². The van der Waals surface area contributed by atoms with Crippen LogP contribution in [0.4, 0.5) is 19.1 Å². The van der Waals surface area contributed by atoms with Gasteiger partial charge in [0.2, 0.25) is 0 Å². The number of hydrogen-bond acceptors (Lipinski definition) is 4. The van der Waals surface area contributed by atoms with Gasteiger partial charge in [0.1, 0.15) is 10.7 Å². The molecule has 112 valence electrons. The minimum absolute atomic E-state index is 0.0300. The molecule has 2 rings (SSSR count). The highest BCUT2D eigenvalue weighted by molar-refractivity contribution is 5.89. The lowest BCUT2D eigenvalue weighted by Gasteiger charge is -2.04. The smallest absolute Gasteiger partial charge is 0.433 e. The number of hydrogen-bond donors (Lipinski definition) is 1. The van der Waals surface area contributed by atoms with E-state index in [2.05, 4.69) is 0 Å². The summed E-state index contributed by atoms with van der Waals surface area (Å²) in [4.78, 5) is 20.4. The van der Waals surface area contributed by atoms with E-state index in [1.54, 1.807) is 0 Å². The van der Waals surface area contributed by atoms with Gasteiger partial charge in [0, 0.05) is 12.4 Å². The summed E-state index contributed by atoms with van der Waals surface area (Å²) < 4.78 is 43.8. The second-order valence-corrected chi connectivity index (χ2v) is 4.06. The first-order valence-corrected chi connectivity index (χ1v) is 5.42. The van der Waals surface area contributed by atoms with E-state index in [4.69, 9.17) is 9.52 Å². The topological polar surface area (TPSA) is 98.5 Å². The second-order valence-electron chi connectivity index (χ2n) is 4.06. The fourth-order valence-corrected chi connectivity index (χ4v) is 1.73. The Morgan fingerprint density at radius 2 is 2.05 bits per heavy atom. The van der Waals surface area contributed by atoms with Crippen molar-refractivity contribution in [1.29, 1.82) is 0 Å². The average molecular weight is 304 g/mol.